The van der Waals surface area contributed by atoms with Crippen LogP contribution in [0.3, 0.4) is 0 Å². The Hall–Kier alpha value is -8.07. The van der Waals surface area contributed by atoms with Crippen LogP contribution in [0.4, 0.5) is 22.9 Å². The number of carbonyl (C=O) groups excluding carboxylic acids is 7. The third kappa shape index (κ3) is 13.0. The Balaban J connectivity index is 0.00000457. The number of piperazine rings is 1. The van der Waals surface area contributed by atoms with Crippen LogP contribution in [-0.4, -0.2) is 128 Å². The highest BCUT2D eigenvalue weighted by atomic mass is 16.2. The van der Waals surface area contributed by atoms with Gasteiger partial charge >= 0.3 is 0 Å². The highest BCUT2D eigenvalue weighted by Crippen LogP contribution is 2.33. The van der Waals surface area contributed by atoms with E-state index in [4.69, 9.17) is 4.98 Å². The molecule has 4 heterocycles. The summed E-state index contributed by atoms with van der Waals surface area (Å²) in [4.78, 5) is 113. The molecule has 0 radical (unpaired) electrons. The molecule has 20 heteroatoms. The number of rotatable bonds is 17. The van der Waals surface area contributed by atoms with E-state index in [1.165, 1.54) is 10.6 Å². The van der Waals surface area contributed by atoms with Crippen molar-refractivity contribution in [2.24, 2.45) is 7.05 Å². The van der Waals surface area contributed by atoms with E-state index in [9.17, 15) is 38.4 Å². The van der Waals surface area contributed by atoms with E-state index in [0.29, 0.717) is 53.5 Å². The first kappa shape index (κ1) is 56.2. The number of fused-ring (bicyclic) bond motifs is 1. The molecule has 0 aliphatic carbocycles. The lowest BCUT2D eigenvalue weighted by Gasteiger charge is -2.34. The molecule has 2 fully saturated rings. The standard InChI is InChI=1S/C55H62N10O8.2H2O/c1-34-39(12-10-14-41(34)60-49(68)35-16-20-37(21-17-35)55(2,3)4)43-33-62(5)54(73)48(59-43)58-38-22-18-36(19-23-38)51(70)64-30-28-63(29-31-64)27-9-7-6-8-26-56-46(67)32-57-42-15-11-13-40-47(42)53(72)65(52(40)71)44-24-25-45(66)61-50(44)69;;/h10-23,33,44,57H,6-9,24-32H2,1-5H3,(H,56,67)(H,58,59)(H,60,68)(H,61,66,69);2*1H2. The maximum Gasteiger partial charge on any atom is 0.293 e. The van der Waals surface area contributed by atoms with Gasteiger partial charge in [0.2, 0.25) is 17.7 Å². The lowest BCUT2D eigenvalue weighted by atomic mass is 9.86. The molecule has 0 saturated carbocycles. The molecule has 8 rings (SSSR count). The number of benzene rings is 4. The number of aryl methyl sites for hydroxylation is 1. The number of imide groups is 2. The number of hydrogen-bond acceptors (Lipinski definition) is 12. The van der Waals surface area contributed by atoms with Crippen molar-refractivity contribution in [3.8, 4) is 11.3 Å². The molecule has 7 amide bonds. The Labute approximate surface area is 434 Å². The monoisotopic (exact) mass is 1030 g/mol. The maximum atomic E-state index is 13.5. The summed E-state index contributed by atoms with van der Waals surface area (Å²) >= 11 is 0. The fourth-order valence-electron chi connectivity index (χ4n) is 9.31. The van der Waals surface area contributed by atoms with Gasteiger partial charge in [0.25, 0.3) is 29.2 Å². The number of aromatic nitrogens is 2. The Morgan fingerprint density at radius 2 is 1.41 bits per heavy atom. The lowest BCUT2D eigenvalue weighted by molar-refractivity contribution is -0.136. The molecule has 1 atom stereocenters. The van der Waals surface area contributed by atoms with Gasteiger partial charge in [-0.3, -0.25) is 53.5 Å². The van der Waals surface area contributed by atoms with Crippen LogP contribution in [0.2, 0.25) is 0 Å². The Morgan fingerprint density at radius 1 is 0.760 bits per heavy atom. The van der Waals surface area contributed by atoms with Gasteiger partial charge in [0.15, 0.2) is 5.82 Å². The van der Waals surface area contributed by atoms with Crippen LogP contribution in [0.1, 0.15) is 112 Å². The summed E-state index contributed by atoms with van der Waals surface area (Å²) in [6, 6.07) is 23.8. The number of unbranched alkanes of at least 4 members (excludes halogenated alkanes) is 3. The van der Waals surface area contributed by atoms with Gasteiger partial charge in [-0.15, -0.1) is 0 Å². The summed E-state index contributed by atoms with van der Waals surface area (Å²) < 4.78 is 1.47. The predicted molar refractivity (Wildman–Crippen MR) is 285 cm³/mol. The fourth-order valence-corrected chi connectivity index (χ4v) is 9.31. The molecule has 20 nitrogen and oxygen atoms in total. The molecule has 5 aromatic rings. The van der Waals surface area contributed by atoms with E-state index in [-0.39, 0.29) is 76.0 Å². The normalized spacial score (nSPS) is 15.6. The lowest BCUT2D eigenvalue weighted by Crippen LogP contribution is -2.54. The van der Waals surface area contributed by atoms with Gasteiger partial charge in [-0.2, -0.15) is 0 Å². The number of hydrogen-bond donors (Lipinski definition) is 5. The van der Waals surface area contributed by atoms with Crippen molar-refractivity contribution < 1.29 is 44.5 Å². The van der Waals surface area contributed by atoms with Crippen molar-refractivity contribution in [1.82, 2.24) is 34.9 Å². The SMILES string of the molecule is Cc1c(NC(=O)c2ccc(C(C)(C)C)cc2)cccc1-c1cn(C)c(=O)c(Nc2ccc(C(=O)N3CCN(CCCCCCNC(=O)CNc4cccc5c4C(=O)N(C4CCC(=O)NC4=O)C5=O)CC3)cc2)n1.O.O. The topological polar surface area (TPSA) is 287 Å². The van der Waals surface area contributed by atoms with E-state index in [2.05, 4.69) is 52.3 Å². The number of piperidine rings is 1. The fraction of sp³-hybridized carbons (Fsp3) is 0.364. The van der Waals surface area contributed by atoms with Crippen molar-refractivity contribution in [2.75, 3.05) is 61.8 Å². The van der Waals surface area contributed by atoms with E-state index in [1.54, 1.807) is 49.6 Å². The van der Waals surface area contributed by atoms with Crippen LogP contribution in [0, 0.1) is 6.92 Å². The molecule has 1 unspecified atom stereocenters. The molecule has 1 aromatic heterocycles. The number of nitrogens with zero attached hydrogens (tertiary/aromatic N) is 5. The molecule has 3 aliphatic rings. The molecule has 0 spiro atoms. The summed E-state index contributed by atoms with van der Waals surface area (Å²) in [7, 11) is 1.66. The van der Waals surface area contributed by atoms with Gasteiger partial charge in [-0.25, -0.2) is 4.98 Å². The molecular weight excluding hydrogens is 961 g/mol. The minimum Gasteiger partial charge on any atom is -0.412 e. The van der Waals surface area contributed by atoms with Gasteiger partial charge in [0.05, 0.1) is 23.4 Å². The predicted octanol–water partition coefficient (Wildman–Crippen LogP) is 4.35. The van der Waals surface area contributed by atoms with Gasteiger partial charge in [-0.1, -0.05) is 63.9 Å². The zero-order valence-electron chi connectivity index (χ0n) is 42.9. The molecule has 0 bridgehead atoms. The van der Waals surface area contributed by atoms with Crippen LogP contribution in [0.25, 0.3) is 11.3 Å². The van der Waals surface area contributed by atoms with Crippen LogP contribution >= 0.6 is 0 Å². The largest absolute Gasteiger partial charge is 0.412 e. The van der Waals surface area contributed by atoms with Gasteiger partial charge in [0, 0.05) is 86.1 Å². The molecule has 3 aliphatic heterocycles. The molecule has 4 aromatic carbocycles. The second-order valence-corrected chi connectivity index (χ2v) is 19.8. The number of nitrogens with one attached hydrogen (secondary N) is 5. The van der Waals surface area contributed by atoms with Crippen LogP contribution in [0.5, 0.6) is 0 Å². The van der Waals surface area contributed by atoms with Gasteiger partial charge in [0.1, 0.15) is 6.04 Å². The first-order chi connectivity index (χ1) is 35.0. The highest BCUT2D eigenvalue weighted by molar-refractivity contribution is 6.25. The highest BCUT2D eigenvalue weighted by Gasteiger charge is 2.45. The van der Waals surface area contributed by atoms with Crippen LogP contribution in [0.15, 0.2) is 95.9 Å². The van der Waals surface area contributed by atoms with Crippen LogP contribution in [-0.2, 0) is 26.8 Å². The number of anilines is 4. The Bertz CT molecular complexity index is 3010. The summed E-state index contributed by atoms with van der Waals surface area (Å²) in [6.07, 6.45) is 5.44. The molecule has 2 saturated heterocycles. The zero-order chi connectivity index (χ0) is 52.0. The van der Waals surface area contributed by atoms with Crippen LogP contribution < -0.4 is 32.1 Å². The van der Waals surface area contributed by atoms with E-state index in [1.807, 2.05) is 54.3 Å². The van der Waals surface area contributed by atoms with Crippen molar-refractivity contribution in [1.29, 1.82) is 0 Å². The average molecular weight is 1030 g/mol. The summed E-state index contributed by atoms with van der Waals surface area (Å²) in [5.74, 6) is -2.81. The third-order valence-electron chi connectivity index (χ3n) is 13.6. The Morgan fingerprint density at radius 3 is 2.09 bits per heavy atom. The Kier molecular flexibility index (Phi) is 18.2. The maximum absolute atomic E-state index is 13.5. The third-order valence-corrected chi connectivity index (χ3v) is 13.6. The smallest absolute Gasteiger partial charge is 0.293 e. The van der Waals surface area contributed by atoms with E-state index >= 15 is 0 Å². The van der Waals surface area contributed by atoms with Crippen molar-refractivity contribution in [3.05, 3.63) is 135 Å². The summed E-state index contributed by atoms with van der Waals surface area (Å²) in [6.45, 7) is 12.3. The molecule has 75 heavy (non-hydrogen) atoms. The summed E-state index contributed by atoms with van der Waals surface area (Å²) in [5.41, 5.74) is 5.78. The first-order valence-corrected chi connectivity index (χ1v) is 24.8. The number of amides is 7. The van der Waals surface area contributed by atoms with Crippen molar-refractivity contribution in [3.63, 3.8) is 0 Å². The van der Waals surface area contributed by atoms with E-state index < -0.39 is 29.7 Å². The van der Waals surface area contributed by atoms with Crippen molar-refractivity contribution >= 4 is 64.2 Å². The number of carbonyl (C=O) groups is 7. The first-order valence-electron chi connectivity index (χ1n) is 24.8. The minimum atomic E-state index is -1.07. The molecular formula is C55H66N10O10. The van der Waals surface area contributed by atoms with Gasteiger partial charge < -0.3 is 41.7 Å². The second-order valence-electron chi connectivity index (χ2n) is 19.8. The average Bonchev–Trinajstić information content (AvgIpc) is 3.63. The second kappa shape index (κ2) is 24.3. The molecule has 9 N–H and O–H groups in total. The van der Waals surface area contributed by atoms with E-state index in [0.717, 1.165) is 66.9 Å². The van der Waals surface area contributed by atoms with Crippen molar-refractivity contribution in [2.45, 2.75) is 77.7 Å². The van der Waals surface area contributed by atoms with Gasteiger partial charge in [-0.05, 0) is 104 Å². The quantitative estimate of drug-likeness (QED) is 0.0642. The molecule has 396 valence electrons. The zero-order valence-corrected chi connectivity index (χ0v) is 42.9. The minimum absolute atomic E-state index is 0. The summed E-state index contributed by atoms with van der Waals surface area (Å²) in [5, 5.41) is 14.2.